The van der Waals surface area contributed by atoms with Crippen molar-refractivity contribution in [2.24, 2.45) is 4.99 Å². The van der Waals surface area contributed by atoms with E-state index in [0.29, 0.717) is 11.3 Å². The van der Waals surface area contributed by atoms with Gasteiger partial charge in [-0.1, -0.05) is 18.7 Å². The summed E-state index contributed by atoms with van der Waals surface area (Å²) in [6, 6.07) is 4.45. The molecule has 0 aromatic carbocycles. The molecule has 4 heteroatoms. The van der Waals surface area contributed by atoms with Gasteiger partial charge in [0.1, 0.15) is 0 Å². The van der Waals surface area contributed by atoms with Crippen LogP contribution in [0.15, 0.2) is 23.3 Å². The lowest BCUT2D eigenvalue weighted by atomic mass is 10.2. The van der Waals surface area contributed by atoms with Crippen LogP contribution in [0.1, 0.15) is 26.0 Å². The summed E-state index contributed by atoms with van der Waals surface area (Å²) < 4.78 is 0. The molecule has 2 atom stereocenters. The molecule has 16 heavy (non-hydrogen) atoms. The Kier molecular flexibility index (Phi) is 3.49. The van der Waals surface area contributed by atoms with E-state index in [1.807, 2.05) is 25.3 Å². The van der Waals surface area contributed by atoms with Gasteiger partial charge in [-0.3, -0.25) is 9.98 Å². The van der Waals surface area contributed by atoms with Crippen LogP contribution in [0.5, 0.6) is 0 Å². The smallest absolute Gasteiger partial charge is 0.161 e. The molecule has 2 heterocycles. The molecule has 2 unspecified atom stereocenters. The Balaban J connectivity index is 2.07. The molecule has 1 aliphatic heterocycles. The van der Waals surface area contributed by atoms with E-state index in [9.17, 15) is 0 Å². The van der Waals surface area contributed by atoms with Crippen molar-refractivity contribution in [3.63, 3.8) is 0 Å². The van der Waals surface area contributed by atoms with E-state index in [2.05, 4.69) is 29.1 Å². The van der Waals surface area contributed by atoms with Gasteiger partial charge in [0.25, 0.3) is 0 Å². The number of thioether (sulfide) groups is 1. The summed E-state index contributed by atoms with van der Waals surface area (Å²) in [4.78, 5) is 8.85. The molecule has 1 aromatic rings. The number of nitrogens with one attached hydrogen (secondary N) is 1. The van der Waals surface area contributed by atoms with Crippen molar-refractivity contribution in [2.75, 3.05) is 5.32 Å². The van der Waals surface area contributed by atoms with E-state index in [-0.39, 0.29) is 0 Å². The summed E-state index contributed by atoms with van der Waals surface area (Å²) in [7, 11) is 0. The Bertz CT molecular complexity index is 386. The summed E-state index contributed by atoms with van der Waals surface area (Å²) in [6.07, 6.45) is 3.00. The molecule has 1 aromatic heterocycles. The monoisotopic (exact) mass is 235 g/mol. The third-order valence-corrected chi connectivity index (χ3v) is 3.51. The Morgan fingerprint density at radius 1 is 1.38 bits per heavy atom. The number of hydrogen-bond acceptors (Lipinski definition) is 4. The van der Waals surface area contributed by atoms with Crippen LogP contribution in [0, 0.1) is 6.92 Å². The van der Waals surface area contributed by atoms with Gasteiger partial charge in [0.05, 0.1) is 17.9 Å². The van der Waals surface area contributed by atoms with E-state index < -0.39 is 0 Å². The molecular weight excluding hydrogens is 218 g/mol. The number of rotatable bonds is 1. The lowest BCUT2D eigenvalue weighted by molar-refractivity contribution is 0.661. The second-order valence-electron chi connectivity index (χ2n) is 4.26. The molecule has 1 aliphatic rings. The van der Waals surface area contributed by atoms with E-state index in [4.69, 9.17) is 0 Å². The SMILES string of the molecule is Cc1ccc(NC2=NC(C)CC(C)S2)cn1. The first-order chi connectivity index (χ1) is 7.63. The summed E-state index contributed by atoms with van der Waals surface area (Å²) >= 11 is 1.80. The minimum absolute atomic E-state index is 0.414. The third-order valence-electron chi connectivity index (χ3n) is 2.49. The number of aliphatic imine (C=N–C) groups is 1. The van der Waals surface area contributed by atoms with Gasteiger partial charge >= 0.3 is 0 Å². The van der Waals surface area contributed by atoms with Gasteiger partial charge in [-0.15, -0.1) is 0 Å². The summed E-state index contributed by atoms with van der Waals surface area (Å²) in [6.45, 7) is 6.39. The fraction of sp³-hybridized carbons (Fsp3) is 0.500. The van der Waals surface area contributed by atoms with Crippen molar-refractivity contribution in [1.82, 2.24) is 4.98 Å². The van der Waals surface area contributed by atoms with Gasteiger partial charge in [-0.25, -0.2) is 0 Å². The van der Waals surface area contributed by atoms with Gasteiger partial charge in [0.2, 0.25) is 0 Å². The molecule has 3 nitrogen and oxygen atoms in total. The maximum absolute atomic E-state index is 4.59. The van der Waals surface area contributed by atoms with Crippen LogP contribution in [0.25, 0.3) is 0 Å². The standard InChI is InChI=1S/C12H17N3S/c1-8-4-5-11(7-13-8)15-12-14-9(2)6-10(3)16-12/h4-5,7,9-10H,6H2,1-3H3,(H,14,15). The third kappa shape index (κ3) is 2.98. The topological polar surface area (TPSA) is 37.3 Å². The molecule has 0 radical (unpaired) electrons. The van der Waals surface area contributed by atoms with Crippen LogP contribution in [-0.2, 0) is 0 Å². The second kappa shape index (κ2) is 4.87. The molecule has 0 bridgehead atoms. The van der Waals surface area contributed by atoms with Crippen molar-refractivity contribution in [3.8, 4) is 0 Å². The predicted molar refractivity (Wildman–Crippen MR) is 71.2 cm³/mol. The second-order valence-corrected chi connectivity index (χ2v) is 5.69. The van der Waals surface area contributed by atoms with Gasteiger partial charge in [0, 0.05) is 10.9 Å². The number of hydrogen-bond donors (Lipinski definition) is 1. The van der Waals surface area contributed by atoms with E-state index >= 15 is 0 Å². The van der Waals surface area contributed by atoms with Crippen LogP contribution in [-0.4, -0.2) is 21.4 Å². The van der Waals surface area contributed by atoms with Crippen molar-refractivity contribution < 1.29 is 0 Å². The quantitative estimate of drug-likeness (QED) is 0.813. The molecule has 0 saturated heterocycles. The van der Waals surface area contributed by atoms with Crippen molar-refractivity contribution in [3.05, 3.63) is 24.0 Å². The molecule has 0 saturated carbocycles. The summed E-state index contributed by atoms with van der Waals surface area (Å²) in [5.41, 5.74) is 2.05. The highest BCUT2D eigenvalue weighted by Crippen LogP contribution is 2.25. The number of nitrogens with zero attached hydrogens (tertiary/aromatic N) is 2. The van der Waals surface area contributed by atoms with Gasteiger partial charge < -0.3 is 5.32 Å². The first-order valence-corrected chi connectivity index (χ1v) is 6.45. The van der Waals surface area contributed by atoms with Gasteiger partial charge in [-0.2, -0.15) is 0 Å². The number of pyridine rings is 1. The maximum atomic E-state index is 4.59. The zero-order chi connectivity index (χ0) is 11.5. The number of anilines is 1. The Labute approximate surface area is 101 Å². The lowest BCUT2D eigenvalue weighted by Crippen LogP contribution is -2.22. The first kappa shape index (κ1) is 11.5. The van der Waals surface area contributed by atoms with Crippen LogP contribution < -0.4 is 5.32 Å². The molecule has 1 N–H and O–H groups in total. The number of amidine groups is 1. The van der Waals surface area contributed by atoms with Crippen LogP contribution in [0.2, 0.25) is 0 Å². The molecule has 86 valence electrons. The van der Waals surface area contributed by atoms with Crippen LogP contribution in [0.3, 0.4) is 0 Å². The highest BCUT2D eigenvalue weighted by Gasteiger charge is 2.18. The average molecular weight is 235 g/mol. The lowest BCUT2D eigenvalue weighted by Gasteiger charge is -2.22. The van der Waals surface area contributed by atoms with E-state index in [0.717, 1.165) is 23.0 Å². The highest BCUT2D eigenvalue weighted by atomic mass is 32.2. The molecule has 0 fully saturated rings. The largest absolute Gasteiger partial charge is 0.334 e. The molecule has 2 rings (SSSR count). The summed E-state index contributed by atoms with van der Waals surface area (Å²) in [5, 5.41) is 4.96. The van der Waals surface area contributed by atoms with Gasteiger partial charge in [-0.05, 0) is 32.4 Å². The maximum Gasteiger partial charge on any atom is 0.161 e. The van der Waals surface area contributed by atoms with E-state index in [1.165, 1.54) is 0 Å². The zero-order valence-electron chi connectivity index (χ0n) is 9.90. The fourth-order valence-electron chi connectivity index (χ4n) is 1.73. The van der Waals surface area contributed by atoms with Crippen molar-refractivity contribution in [1.29, 1.82) is 0 Å². The molecule has 0 amide bonds. The average Bonchev–Trinajstić information content (AvgIpc) is 2.20. The molecule has 0 aliphatic carbocycles. The zero-order valence-corrected chi connectivity index (χ0v) is 10.7. The Hall–Kier alpha value is -1.03. The van der Waals surface area contributed by atoms with Crippen molar-refractivity contribution in [2.45, 2.75) is 38.5 Å². The minimum Gasteiger partial charge on any atom is -0.334 e. The molecule has 0 spiro atoms. The van der Waals surface area contributed by atoms with Crippen LogP contribution in [0.4, 0.5) is 5.69 Å². The molecular formula is C12H17N3S. The number of aromatic nitrogens is 1. The normalized spacial score (nSPS) is 25.1. The Morgan fingerprint density at radius 2 is 2.19 bits per heavy atom. The van der Waals surface area contributed by atoms with Crippen molar-refractivity contribution >= 4 is 22.6 Å². The fourth-order valence-corrected chi connectivity index (χ4v) is 2.90. The first-order valence-electron chi connectivity index (χ1n) is 5.57. The van der Waals surface area contributed by atoms with E-state index in [1.54, 1.807) is 11.8 Å². The number of aryl methyl sites for hydroxylation is 1. The highest BCUT2D eigenvalue weighted by molar-refractivity contribution is 8.14. The predicted octanol–water partition coefficient (Wildman–Crippen LogP) is 3.07. The Morgan fingerprint density at radius 3 is 2.81 bits per heavy atom. The minimum atomic E-state index is 0.414. The van der Waals surface area contributed by atoms with Crippen LogP contribution >= 0.6 is 11.8 Å². The van der Waals surface area contributed by atoms with Gasteiger partial charge in [0.15, 0.2) is 5.17 Å². The summed E-state index contributed by atoms with van der Waals surface area (Å²) in [5.74, 6) is 0.